The van der Waals surface area contributed by atoms with Gasteiger partial charge in [-0.05, 0) is 24.6 Å². The van der Waals surface area contributed by atoms with Crippen LogP contribution in [-0.2, 0) is 16.8 Å². The molecule has 27 heavy (non-hydrogen) atoms. The Labute approximate surface area is 155 Å². The van der Waals surface area contributed by atoms with E-state index in [9.17, 15) is 14.4 Å². The molecule has 1 unspecified atom stereocenters. The van der Waals surface area contributed by atoms with Gasteiger partial charge in [0, 0.05) is 13.0 Å². The summed E-state index contributed by atoms with van der Waals surface area (Å²) >= 11 is 0. The standard InChI is InChI=1S/C20H18N4O3/c1-20(13-7-3-2-4-8-13)18(26)24(19(27)23-20)12-11-16-21-15-10-6-5-9-14(15)17(25)22-16/h2-10H,11-12H2,1H3,(H,23,27)(H,21,22,25). The lowest BCUT2D eigenvalue weighted by atomic mass is 9.92. The molecule has 0 aliphatic carbocycles. The lowest BCUT2D eigenvalue weighted by Crippen LogP contribution is -2.41. The van der Waals surface area contributed by atoms with E-state index < -0.39 is 11.6 Å². The Bertz CT molecular complexity index is 1090. The lowest BCUT2D eigenvalue weighted by molar-refractivity contribution is -0.131. The number of aromatic nitrogens is 2. The van der Waals surface area contributed by atoms with E-state index in [1.807, 2.05) is 30.3 Å². The normalized spacial score (nSPS) is 19.5. The van der Waals surface area contributed by atoms with Gasteiger partial charge in [-0.3, -0.25) is 14.5 Å². The highest BCUT2D eigenvalue weighted by Gasteiger charge is 2.48. The van der Waals surface area contributed by atoms with Crippen molar-refractivity contribution < 1.29 is 9.59 Å². The molecule has 2 heterocycles. The largest absolute Gasteiger partial charge is 0.325 e. The number of hydrogen-bond acceptors (Lipinski definition) is 4. The Morgan fingerprint density at radius 3 is 2.48 bits per heavy atom. The predicted molar refractivity (Wildman–Crippen MR) is 100 cm³/mol. The van der Waals surface area contributed by atoms with Gasteiger partial charge in [0.25, 0.3) is 11.5 Å². The van der Waals surface area contributed by atoms with E-state index in [1.54, 1.807) is 31.2 Å². The minimum absolute atomic E-state index is 0.133. The van der Waals surface area contributed by atoms with E-state index in [2.05, 4.69) is 15.3 Å². The molecule has 1 aliphatic rings. The molecule has 1 aromatic heterocycles. The summed E-state index contributed by atoms with van der Waals surface area (Å²) in [6.07, 6.45) is 0.268. The number of nitrogens with zero attached hydrogens (tertiary/aromatic N) is 2. The van der Waals surface area contributed by atoms with Gasteiger partial charge >= 0.3 is 6.03 Å². The highest BCUT2D eigenvalue weighted by atomic mass is 16.2. The van der Waals surface area contributed by atoms with Crippen molar-refractivity contribution in [2.24, 2.45) is 0 Å². The Kier molecular flexibility index (Phi) is 3.99. The van der Waals surface area contributed by atoms with Gasteiger partial charge in [-0.1, -0.05) is 42.5 Å². The molecule has 7 nitrogen and oxygen atoms in total. The first-order valence-electron chi connectivity index (χ1n) is 8.66. The molecule has 1 fully saturated rings. The minimum atomic E-state index is -1.09. The molecule has 2 aromatic carbocycles. The number of amides is 3. The highest BCUT2D eigenvalue weighted by molar-refractivity contribution is 6.07. The van der Waals surface area contributed by atoms with Crippen LogP contribution >= 0.6 is 0 Å². The van der Waals surface area contributed by atoms with Gasteiger partial charge in [0.1, 0.15) is 11.4 Å². The molecule has 3 aromatic rings. The number of imide groups is 1. The second kappa shape index (κ2) is 6.35. The molecule has 7 heteroatoms. The number of urea groups is 1. The van der Waals surface area contributed by atoms with Crippen LogP contribution in [0.2, 0.25) is 0 Å². The van der Waals surface area contributed by atoms with Gasteiger partial charge < -0.3 is 10.3 Å². The van der Waals surface area contributed by atoms with E-state index >= 15 is 0 Å². The predicted octanol–water partition coefficient (Wildman–Crippen LogP) is 1.93. The first kappa shape index (κ1) is 17.0. The molecule has 1 atom stereocenters. The van der Waals surface area contributed by atoms with Crippen LogP contribution < -0.4 is 10.9 Å². The Morgan fingerprint density at radius 2 is 1.70 bits per heavy atom. The van der Waals surface area contributed by atoms with Crippen molar-refractivity contribution in [2.75, 3.05) is 6.54 Å². The first-order valence-corrected chi connectivity index (χ1v) is 8.66. The van der Waals surface area contributed by atoms with Gasteiger partial charge in [0.05, 0.1) is 10.9 Å². The molecule has 0 radical (unpaired) electrons. The summed E-state index contributed by atoms with van der Waals surface area (Å²) in [7, 11) is 0. The van der Waals surface area contributed by atoms with E-state index in [-0.39, 0.29) is 24.4 Å². The molecular weight excluding hydrogens is 344 g/mol. The Hall–Kier alpha value is -3.48. The van der Waals surface area contributed by atoms with Crippen LogP contribution in [0.15, 0.2) is 59.4 Å². The van der Waals surface area contributed by atoms with Gasteiger partial charge in [0.2, 0.25) is 0 Å². The van der Waals surface area contributed by atoms with Crippen LogP contribution in [0.4, 0.5) is 4.79 Å². The summed E-state index contributed by atoms with van der Waals surface area (Å²) in [6.45, 7) is 1.83. The van der Waals surface area contributed by atoms with Crippen molar-refractivity contribution in [1.29, 1.82) is 0 Å². The fourth-order valence-electron chi connectivity index (χ4n) is 3.34. The molecule has 136 valence electrons. The van der Waals surface area contributed by atoms with E-state index in [0.29, 0.717) is 16.7 Å². The summed E-state index contributed by atoms with van der Waals surface area (Å²) in [5.41, 5.74) is -0.0182. The fourth-order valence-corrected chi connectivity index (χ4v) is 3.34. The number of carbonyl (C=O) groups is 2. The summed E-state index contributed by atoms with van der Waals surface area (Å²) in [4.78, 5) is 45.7. The molecule has 0 saturated carbocycles. The van der Waals surface area contributed by atoms with Crippen LogP contribution in [-0.4, -0.2) is 33.4 Å². The zero-order valence-corrected chi connectivity index (χ0v) is 14.7. The molecule has 1 saturated heterocycles. The number of aromatic amines is 1. The molecule has 1 aliphatic heterocycles. The van der Waals surface area contributed by atoms with Crippen LogP contribution in [0.1, 0.15) is 18.3 Å². The summed E-state index contributed by atoms with van der Waals surface area (Å²) < 4.78 is 0. The second-order valence-corrected chi connectivity index (χ2v) is 6.66. The van der Waals surface area contributed by atoms with Gasteiger partial charge in [-0.25, -0.2) is 9.78 Å². The smallest absolute Gasteiger partial charge is 0.319 e. The maximum absolute atomic E-state index is 12.9. The van der Waals surface area contributed by atoms with Gasteiger partial charge in [-0.2, -0.15) is 0 Å². The number of carbonyl (C=O) groups excluding carboxylic acids is 2. The minimum Gasteiger partial charge on any atom is -0.319 e. The maximum atomic E-state index is 12.9. The van der Waals surface area contributed by atoms with Gasteiger partial charge in [0.15, 0.2) is 0 Å². The molecule has 2 N–H and O–H groups in total. The number of para-hydroxylation sites is 1. The molecular formula is C20H18N4O3. The molecule has 4 rings (SSSR count). The number of H-pyrrole nitrogens is 1. The number of rotatable bonds is 4. The van der Waals surface area contributed by atoms with Crippen LogP contribution in [0.3, 0.4) is 0 Å². The van der Waals surface area contributed by atoms with E-state index in [4.69, 9.17) is 0 Å². The van der Waals surface area contributed by atoms with Crippen molar-refractivity contribution in [3.8, 4) is 0 Å². The van der Waals surface area contributed by atoms with Crippen molar-refractivity contribution in [3.05, 3.63) is 76.3 Å². The summed E-state index contributed by atoms with van der Waals surface area (Å²) in [6, 6.07) is 15.7. The molecule has 0 bridgehead atoms. The SMILES string of the molecule is CC1(c2ccccc2)NC(=O)N(CCc2nc3ccccc3c(=O)[nH]2)C1=O. The fraction of sp³-hybridized carbons (Fsp3) is 0.200. The maximum Gasteiger partial charge on any atom is 0.325 e. The van der Waals surface area contributed by atoms with Crippen molar-refractivity contribution in [1.82, 2.24) is 20.2 Å². The average Bonchev–Trinajstić information content (AvgIpc) is 2.90. The third-order valence-electron chi connectivity index (χ3n) is 4.86. The molecule has 0 spiro atoms. The zero-order chi connectivity index (χ0) is 19.0. The van der Waals surface area contributed by atoms with Crippen molar-refractivity contribution in [3.63, 3.8) is 0 Å². The first-order chi connectivity index (χ1) is 13.0. The number of nitrogens with one attached hydrogen (secondary N) is 2. The van der Waals surface area contributed by atoms with E-state index in [0.717, 1.165) is 5.56 Å². The summed E-state index contributed by atoms with van der Waals surface area (Å²) in [5, 5.41) is 3.28. The topological polar surface area (TPSA) is 95.2 Å². The lowest BCUT2D eigenvalue weighted by Gasteiger charge is -2.22. The number of hydrogen-bond donors (Lipinski definition) is 2. The quantitative estimate of drug-likeness (QED) is 0.694. The third-order valence-corrected chi connectivity index (χ3v) is 4.86. The van der Waals surface area contributed by atoms with Gasteiger partial charge in [-0.15, -0.1) is 0 Å². The van der Waals surface area contributed by atoms with Crippen LogP contribution in [0, 0.1) is 0 Å². The van der Waals surface area contributed by atoms with Crippen LogP contribution in [0.5, 0.6) is 0 Å². The third kappa shape index (κ3) is 2.87. The zero-order valence-electron chi connectivity index (χ0n) is 14.7. The summed E-state index contributed by atoms with van der Waals surface area (Å²) in [5.74, 6) is 0.120. The number of benzene rings is 2. The molecule has 3 amide bonds. The van der Waals surface area contributed by atoms with Crippen molar-refractivity contribution >= 4 is 22.8 Å². The Balaban J connectivity index is 1.56. The second-order valence-electron chi connectivity index (χ2n) is 6.66. The average molecular weight is 362 g/mol. The van der Waals surface area contributed by atoms with Crippen molar-refractivity contribution in [2.45, 2.75) is 18.9 Å². The number of fused-ring (bicyclic) bond motifs is 1. The monoisotopic (exact) mass is 362 g/mol. The highest BCUT2D eigenvalue weighted by Crippen LogP contribution is 2.28. The van der Waals surface area contributed by atoms with E-state index in [1.165, 1.54) is 4.90 Å². The Morgan fingerprint density at radius 1 is 1.00 bits per heavy atom. The van der Waals surface area contributed by atoms with Crippen LogP contribution in [0.25, 0.3) is 10.9 Å².